The predicted octanol–water partition coefficient (Wildman–Crippen LogP) is 1.44. The van der Waals surface area contributed by atoms with E-state index in [4.69, 9.17) is 28.0 Å². The van der Waals surface area contributed by atoms with E-state index in [9.17, 15) is 10.0 Å². The third-order valence-electron chi connectivity index (χ3n) is 4.05. The van der Waals surface area contributed by atoms with E-state index >= 15 is 0 Å². The molecule has 172 valence electrons. The molecule has 0 saturated carbocycles. The first kappa shape index (κ1) is 26.1. The van der Waals surface area contributed by atoms with E-state index in [1.165, 1.54) is 12.7 Å². The van der Waals surface area contributed by atoms with Crippen molar-refractivity contribution in [3.8, 4) is 5.75 Å². The number of amides is 1. The normalized spacial score (nSPS) is 13.9. The molecule has 0 aliphatic carbocycles. The van der Waals surface area contributed by atoms with E-state index < -0.39 is 18.3 Å². The fraction of sp³-hybridized carbons (Fsp3) is 0.474. The average Bonchev–Trinajstić information content (AvgIpc) is 2.75. The van der Waals surface area contributed by atoms with Crippen LogP contribution in [-0.4, -0.2) is 41.9 Å². The Morgan fingerprint density at radius 1 is 1.19 bits per heavy atom. The molecule has 2 unspecified atom stereocenters. The minimum absolute atomic E-state index is 0.0632. The highest BCUT2D eigenvalue weighted by atomic mass is 35.5. The summed E-state index contributed by atoms with van der Waals surface area (Å²) in [5.74, 6) is 10.3. The number of oxime groups is 1. The van der Waals surface area contributed by atoms with E-state index in [0.717, 1.165) is 12.8 Å². The maximum Gasteiger partial charge on any atom is 0.271 e. The Balaban J connectivity index is 2.86. The Morgan fingerprint density at radius 2 is 1.87 bits per heavy atom. The molecular weight excluding hydrogens is 424 g/mol. The molecule has 1 amide bonds. The Hall–Kier alpha value is -2.89. The van der Waals surface area contributed by atoms with Crippen LogP contribution < -0.4 is 32.6 Å². The molecule has 8 N–H and O–H groups in total. The predicted molar refractivity (Wildman–Crippen MR) is 122 cm³/mol. The summed E-state index contributed by atoms with van der Waals surface area (Å²) in [6.07, 6.45) is 4.69. The SMILES string of the molecule is CCCC(N=CNN)NC(=O)C(Cc1ccc(OC(CCC)N=CNN)c(Cl)c1)=NO. The zero-order valence-corrected chi connectivity index (χ0v) is 18.5. The van der Waals surface area contributed by atoms with Crippen LogP contribution in [0.25, 0.3) is 0 Å². The van der Waals surface area contributed by atoms with E-state index in [0.29, 0.717) is 29.2 Å². The highest BCUT2D eigenvalue weighted by Gasteiger charge is 2.18. The minimum Gasteiger partial charge on any atom is -0.467 e. The van der Waals surface area contributed by atoms with Crippen LogP contribution in [0.1, 0.15) is 45.1 Å². The van der Waals surface area contributed by atoms with E-state index in [1.807, 2.05) is 13.8 Å². The Bertz CT molecular complexity index is 773. The van der Waals surface area contributed by atoms with Gasteiger partial charge in [-0.25, -0.2) is 21.7 Å². The fourth-order valence-corrected chi connectivity index (χ4v) is 2.86. The summed E-state index contributed by atoms with van der Waals surface area (Å²) in [5, 5.41) is 15.5. The highest BCUT2D eigenvalue weighted by molar-refractivity contribution is 6.39. The second kappa shape index (κ2) is 15.0. The number of hydrogen-bond acceptors (Lipinski definition) is 8. The molecular formula is C19H31ClN8O3. The number of carbonyl (C=O) groups is 1. The van der Waals surface area contributed by atoms with Crippen LogP contribution >= 0.6 is 11.6 Å². The van der Waals surface area contributed by atoms with Crippen LogP contribution in [0.2, 0.25) is 5.02 Å². The quantitative estimate of drug-likeness (QED) is 0.0810. The summed E-state index contributed by atoms with van der Waals surface area (Å²) in [6.45, 7) is 3.97. The second-order valence-corrected chi connectivity index (χ2v) is 6.92. The molecule has 1 aromatic rings. The van der Waals surface area contributed by atoms with Crippen LogP contribution in [0.15, 0.2) is 33.3 Å². The van der Waals surface area contributed by atoms with Crippen molar-refractivity contribution in [2.45, 2.75) is 58.3 Å². The van der Waals surface area contributed by atoms with Gasteiger partial charge in [0.05, 0.1) is 11.4 Å². The van der Waals surface area contributed by atoms with Crippen molar-refractivity contribution in [2.75, 3.05) is 0 Å². The molecule has 0 fully saturated rings. The standard InChI is InChI=1S/C19H31ClN8O3/c1-3-5-17(23-11-25-21)27-19(29)15(28-30)10-13-7-8-16(14(20)9-13)31-18(6-4-2)24-12-26-22/h7-9,11-12,17-18,30H,3-6,10,21-22H2,1-2H3,(H,23,25)(H,24,26)(H,27,29). The molecule has 0 radical (unpaired) electrons. The first-order chi connectivity index (χ1) is 15.0. The maximum atomic E-state index is 12.5. The van der Waals surface area contributed by atoms with Crippen molar-refractivity contribution in [1.82, 2.24) is 16.2 Å². The van der Waals surface area contributed by atoms with Gasteiger partial charge in [0.2, 0.25) is 0 Å². The summed E-state index contributed by atoms with van der Waals surface area (Å²) in [5.41, 5.74) is 5.21. The number of nitrogens with two attached hydrogens (primary N) is 2. The zero-order chi connectivity index (χ0) is 23.1. The van der Waals surface area contributed by atoms with Gasteiger partial charge in [0.25, 0.3) is 5.91 Å². The molecule has 0 aliphatic rings. The number of ether oxygens (including phenoxy) is 1. The van der Waals surface area contributed by atoms with Crippen molar-refractivity contribution >= 4 is 35.9 Å². The largest absolute Gasteiger partial charge is 0.467 e. The van der Waals surface area contributed by atoms with Gasteiger partial charge in [-0.05, 0) is 24.1 Å². The van der Waals surface area contributed by atoms with Gasteiger partial charge in [-0.15, -0.1) is 0 Å². The summed E-state index contributed by atoms with van der Waals surface area (Å²) in [7, 11) is 0. The van der Waals surface area contributed by atoms with E-state index in [1.54, 1.807) is 18.2 Å². The smallest absolute Gasteiger partial charge is 0.271 e. The number of aliphatic imine (C=N–C) groups is 2. The lowest BCUT2D eigenvalue weighted by Gasteiger charge is -2.16. The van der Waals surface area contributed by atoms with Gasteiger partial charge in [-0.1, -0.05) is 49.5 Å². The molecule has 2 atom stereocenters. The minimum atomic E-state index is -0.543. The lowest BCUT2D eigenvalue weighted by Crippen LogP contribution is -2.39. The molecule has 11 nitrogen and oxygen atoms in total. The van der Waals surface area contributed by atoms with Crippen LogP contribution in [-0.2, 0) is 11.2 Å². The van der Waals surface area contributed by atoms with E-state index in [2.05, 4.69) is 31.3 Å². The molecule has 0 aliphatic heterocycles. The number of hydrogen-bond donors (Lipinski definition) is 6. The molecule has 0 bridgehead atoms. The molecule has 12 heteroatoms. The molecule has 31 heavy (non-hydrogen) atoms. The van der Waals surface area contributed by atoms with Crippen molar-refractivity contribution in [2.24, 2.45) is 26.8 Å². The van der Waals surface area contributed by atoms with Gasteiger partial charge in [0.1, 0.15) is 24.0 Å². The number of carbonyl (C=O) groups excluding carboxylic acids is 1. The van der Waals surface area contributed by atoms with Crippen molar-refractivity contribution in [1.29, 1.82) is 0 Å². The number of benzene rings is 1. The maximum absolute atomic E-state index is 12.5. The van der Waals surface area contributed by atoms with Gasteiger partial charge in [-0.3, -0.25) is 4.79 Å². The second-order valence-electron chi connectivity index (χ2n) is 6.52. The van der Waals surface area contributed by atoms with Crippen LogP contribution in [0.5, 0.6) is 5.75 Å². The molecule has 1 aromatic carbocycles. The zero-order valence-electron chi connectivity index (χ0n) is 17.7. The summed E-state index contributed by atoms with van der Waals surface area (Å²) < 4.78 is 5.82. The van der Waals surface area contributed by atoms with Gasteiger partial charge in [0.15, 0.2) is 6.23 Å². The Morgan fingerprint density at radius 3 is 2.45 bits per heavy atom. The van der Waals surface area contributed by atoms with Gasteiger partial charge in [-0.2, -0.15) is 0 Å². The van der Waals surface area contributed by atoms with Crippen LogP contribution in [0.4, 0.5) is 0 Å². The molecule has 0 heterocycles. The molecule has 0 saturated heterocycles. The Kier molecular flexibility index (Phi) is 12.6. The summed E-state index contributed by atoms with van der Waals surface area (Å²) in [6, 6.07) is 5.05. The van der Waals surface area contributed by atoms with Gasteiger partial charge in [0, 0.05) is 12.8 Å². The summed E-state index contributed by atoms with van der Waals surface area (Å²) >= 11 is 6.34. The molecule has 1 rings (SSSR count). The van der Waals surface area contributed by atoms with E-state index in [-0.39, 0.29) is 12.1 Å². The third-order valence-corrected chi connectivity index (χ3v) is 4.35. The fourth-order valence-electron chi connectivity index (χ4n) is 2.61. The third kappa shape index (κ3) is 9.64. The number of rotatable bonds is 14. The average molecular weight is 455 g/mol. The van der Waals surface area contributed by atoms with Crippen molar-refractivity contribution in [3.63, 3.8) is 0 Å². The number of halogens is 1. The van der Waals surface area contributed by atoms with Crippen molar-refractivity contribution in [3.05, 3.63) is 28.8 Å². The number of nitrogens with one attached hydrogen (secondary N) is 3. The van der Waals surface area contributed by atoms with Gasteiger partial charge < -0.3 is 26.1 Å². The number of hydrazine groups is 2. The first-order valence-corrected chi connectivity index (χ1v) is 10.3. The lowest BCUT2D eigenvalue weighted by atomic mass is 10.1. The molecule has 0 spiro atoms. The highest BCUT2D eigenvalue weighted by Crippen LogP contribution is 2.27. The Labute approximate surface area is 186 Å². The van der Waals surface area contributed by atoms with Crippen LogP contribution in [0, 0.1) is 0 Å². The lowest BCUT2D eigenvalue weighted by molar-refractivity contribution is -0.115. The van der Waals surface area contributed by atoms with Crippen LogP contribution in [0.3, 0.4) is 0 Å². The summed E-state index contributed by atoms with van der Waals surface area (Å²) in [4.78, 5) is 20.7. The topological polar surface area (TPSA) is 172 Å². The monoisotopic (exact) mass is 454 g/mol. The number of nitrogens with zero attached hydrogens (tertiary/aromatic N) is 3. The van der Waals surface area contributed by atoms with Crippen molar-refractivity contribution < 1.29 is 14.7 Å². The first-order valence-electron chi connectivity index (χ1n) is 9.91. The molecule has 0 aromatic heterocycles. The van der Waals surface area contributed by atoms with Gasteiger partial charge >= 0.3 is 0 Å².